The molecule has 3 nitrogen and oxygen atoms in total. The molecular weight excluding hydrogens is 265 g/mol. The number of nitrogens with two attached hydrogens (primary N) is 1. The van der Waals surface area contributed by atoms with E-state index in [1.807, 2.05) is 0 Å². The molecule has 0 aliphatic heterocycles. The summed E-state index contributed by atoms with van der Waals surface area (Å²) in [6.45, 7) is -1.21. The first-order chi connectivity index (χ1) is 8.38. The average molecular weight is 278 g/mol. The van der Waals surface area contributed by atoms with E-state index >= 15 is 0 Å². The van der Waals surface area contributed by atoms with E-state index in [2.05, 4.69) is 0 Å². The Morgan fingerprint density at radius 3 is 2.67 bits per heavy atom. The monoisotopic (exact) mass is 278 g/mol. The van der Waals surface area contributed by atoms with Gasteiger partial charge < -0.3 is 10.6 Å². The average Bonchev–Trinajstić information content (AvgIpc) is 2.97. The Bertz CT molecular complexity index is 414. The molecule has 0 spiro atoms. The molecule has 2 rings (SSSR count). The van der Waals surface area contributed by atoms with Crippen LogP contribution in [0.3, 0.4) is 0 Å². The summed E-state index contributed by atoms with van der Waals surface area (Å²) in [6.07, 6.45) is -3.13. The molecule has 18 heavy (non-hydrogen) atoms. The van der Waals surface area contributed by atoms with Crippen LogP contribution in [0, 0.1) is 0 Å². The van der Waals surface area contributed by atoms with E-state index in [-0.39, 0.29) is 6.04 Å². The van der Waals surface area contributed by atoms with Gasteiger partial charge in [-0.05, 0) is 24.3 Å². The summed E-state index contributed by atoms with van der Waals surface area (Å²) in [5.74, 6) is -0.641. The van der Waals surface area contributed by atoms with E-state index < -0.39 is 24.7 Å². The molecule has 1 unspecified atom stereocenters. The molecule has 1 saturated carbocycles. The van der Waals surface area contributed by atoms with Crippen molar-refractivity contribution < 1.29 is 18.0 Å². The molecule has 1 heterocycles. The first kappa shape index (κ1) is 13.4. The summed E-state index contributed by atoms with van der Waals surface area (Å²) in [4.78, 5) is 13.5. The molecule has 100 valence electrons. The van der Waals surface area contributed by atoms with Crippen LogP contribution in [0.15, 0.2) is 17.5 Å². The molecule has 0 aromatic carbocycles. The smallest absolute Gasteiger partial charge is 0.329 e. The predicted molar refractivity (Wildman–Crippen MR) is 62.0 cm³/mol. The molecule has 2 N–H and O–H groups in total. The van der Waals surface area contributed by atoms with Crippen LogP contribution in [-0.2, 0) is 4.79 Å². The van der Waals surface area contributed by atoms with Gasteiger partial charge in [-0.25, -0.2) is 0 Å². The second-order valence-corrected chi connectivity index (χ2v) is 5.28. The van der Waals surface area contributed by atoms with E-state index in [0.29, 0.717) is 17.7 Å². The van der Waals surface area contributed by atoms with Gasteiger partial charge >= 0.3 is 6.18 Å². The van der Waals surface area contributed by atoms with Crippen LogP contribution in [0.2, 0.25) is 0 Å². The standard InChI is InChI=1S/C11H13F3N2OS/c12-11(13,14)6-16(7-3-4-7)10(17)9(15)8-2-1-5-18-8/h1-2,5,7,9H,3-4,6,15H2. The van der Waals surface area contributed by atoms with Gasteiger partial charge in [0.15, 0.2) is 0 Å². The summed E-state index contributed by atoms with van der Waals surface area (Å²) in [6, 6.07) is 2.09. The number of thiophene rings is 1. The van der Waals surface area contributed by atoms with Gasteiger partial charge in [0.25, 0.3) is 0 Å². The number of hydrogen-bond acceptors (Lipinski definition) is 3. The van der Waals surface area contributed by atoms with Crippen molar-refractivity contribution in [3.8, 4) is 0 Å². The Morgan fingerprint density at radius 1 is 1.56 bits per heavy atom. The van der Waals surface area contributed by atoms with Crippen molar-refractivity contribution in [3.63, 3.8) is 0 Å². The molecule has 0 saturated heterocycles. The van der Waals surface area contributed by atoms with Crippen molar-refractivity contribution >= 4 is 17.2 Å². The van der Waals surface area contributed by atoms with Crippen LogP contribution in [-0.4, -0.2) is 29.6 Å². The van der Waals surface area contributed by atoms with Gasteiger partial charge in [0.1, 0.15) is 12.6 Å². The van der Waals surface area contributed by atoms with Crippen LogP contribution >= 0.6 is 11.3 Å². The number of amides is 1. The lowest BCUT2D eigenvalue weighted by molar-refractivity contribution is -0.163. The number of halogens is 3. The summed E-state index contributed by atoms with van der Waals surface area (Å²) in [5, 5.41) is 1.74. The fourth-order valence-electron chi connectivity index (χ4n) is 1.73. The third kappa shape index (κ3) is 3.23. The Labute approximate surface area is 106 Å². The van der Waals surface area contributed by atoms with Gasteiger partial charge in [-0.2, -0.15) is 13.2 Å². The van der Waals surface area contributed by atoms with Gasteiger partial charge in [0.2, 0.25) is 5.91 Å². The summed E-state index contributed by atoms with van der Waals surface area (Å²) in [5.41, 5.74) is 5.72. The second-order valence-electron chi connectivity index (χ2n) is 4.31. The fourth-order valence-corrected chi connectivity index (χ4v) is 2.45. The lowest BCUT2D eigenvalue weighted by atomic mass is 10.2. The maximum absolute atomic E-state index is 12.4. The molecule has 1 amide bonds. The Hall–Kier alpha value is -1.08. The van der Waals surface area contributed by atoms with Gasteiger partial charge in [-0.3, -0.25) is 4.79 Å². The zero-order chi connectivity index (χ0) is 13.3. The topological polar surface area (TPSA) is 46.3 Å². The molecule has 0 bridgehead atoms. The zero-order valence-corrected chi connectivity index (χ0v) is 10.3. The van der Waals surface area contributed by atoms with Gasteiger partial charge in [-0.15, -0.1) is 11.3 Å². The van der Waals surface area contributed by atoms with Crippen LogP contribution in [0.4, 0.5) is 13.2 Å². The Balaban J connectivity index is 2.08. The van der Waals surface area contributed by atoms with Gasteiger partial charge in [0, 0.05) is 10.9 Å². The first-order valence-corrected chi connectivity index (χ1v) is 6.42. The molecule has 1 aliphatic rings. The highest BCUT2D eigenvalue weighted by molar-refractivity contribution is 7.10. The highest BCUT2D eigenvalue weighted by atomic mass is 32.1. The molecule has 1 atom stereocenters. The number of nitrogens with zero attached hydrogens (tertiary/aromatic N) is 1. The SMILES string of the molecule is NC(C(=O)N(CC(F)(F)F)C1CC1)c1cccs1. The molecular formula is C11H13F3N2OS. The van der Waals surface area contributed by atoms with Crippen molar-refractivity contribution in [2.45, 2.75) is 31.1 Å². The van der Waals surface area contributed by atoms with Crippen molar-refractivity contribution in [1.29, 1.82) is 0 Å². The number of alkyl halides is 3. The molecule has 1 aliphatic carbocycles. The molecule has 1 aromatic heterocycles. The van der Waals surface area contributed by atoms with Crippen molar-refractivity contribution in [1.82, 2.24) is 4.90 Å². The Morgan fingerprint density at radius 2 is 2.22 bits per heavy atom. The largest absolute Gasteiger partial charge is 0.406 e. The third-order valence-electron chi connectivity index (χ3n) is 2.74. The number of rotatable bonds is 4. The quantitative estimate of drug-likeness (QED) is 0.918. The second kappa shape index (κ2) is 4.89. The van der Waals surface area contributed by atoms with E-state index in [9.17, 15) is 18.0 Å². The van der Waals surface area contributed by atoms with E-state index in [0.717, 1.165) is 4.90 Å². The fraction of sp³-hybridized carbons (Fsp3) is 0.545. The minimum absolute atomic E-state index is 0.301. The predicted octanol–water partition coefficient (Wildman–Crippen LogP) is 2.30. The normalized spacial score (nSPS) is 17.6. The van der Waals surface area contributed by atoms with Crippen molar-refractivity contribution in [2.24, 2.45) is 5.73 Å². The lowest BCUT2D eigenvalue weighted by Crippen LogP contribution is -2.44. The number of carbonyl (C=O) groups is 1. The number of hydrogen-bond donors (Lipinski definition) is 1. The van der Waals surface area contributed by atoms with E-state index in [1.165, 1.54) is 11.3 Å². The van der Waals surface area contributed by atoms with Crippen LogP contribution in [0.25, 0.3) is 0 Å². The molecule has 1 aromatic rings. The third-order valence-corrected chi connectivity index (χ3v) is 3.69. The maximum atomic E-state index is 12.4. The van der Waals surface area contributed by atoms with E-state index in [1.54, 1.807) is 17.5 Å². The van der Waals surface area contributed by atoms with Gasteiger partial charge in [-0.1, -0.05) is 6.07 Å². The molecule has 1 fully saturated rings. The van der Waals surface area contributed by atoms with Gasteiger partial charge in [0.05, 0.1) is 0 Å². The minimum atomic E-state index is -4.38. The van der Waals surface area contributed by atoms with Crippen molar-refractivity contribution in [2.75, 3.05) is 6.54 Å². The summed E-state index contributed by atoms with van der Waals surface area (Å²) in [7, 11) is 0. The number of carbonyl (C=O) groups excluding carboxylic acids is 1. The van der Waals surface area contributed by atoms with Crippen LogP contribution in [0.5, 0.6) is 0 Å². The maximum Gasteiger partial charge on any atom is 0.406 e. The lowest BCUT2D eigenvalue weighted by Gasteiger charge is -2.26. The minimum Gasteiger partial charge on any atom is -0.329 e. The molecule has 7 heteroatoms. The Kier molecular flexibility index (Phi) is 3.63. The highest BCUT2D eigenvalue weighted by Crippen LogP contribution is 2.32. The zero-order valence-electron chi connectivity index (χ0n) is 9.48. The first-order valence-electron chi connectivity index (χ1n) is 5.55. The van der Waals surface area contributed by atoms with E-state index in [4.69, 9.17) is 5.73 Å². The van der Waals surface area contributed by atoms with Crippen LogP contribution < -0.4 is 5.73 Å². The summed E-state index contributed by atoms with van der Waals surface area (Å²) >= 11 is 1.27. The summed E-state index contributed by atoms with van der Waals surface area (Å²) < 4.78 is 37.3. The highest BCUT2D eigenvalue weighted by Gasteiger charge is 2.42. The molecule has 0 radical (unpaired) electrons. The van der Waals surface area contributed by atoms with Crippen molar-refractivity contribution in [3.05, 3.63) is 22.4 Å². The van der Waals surface area contributed by atoms with Crippen LogP contribution in [0.1, 0.15) is 23.8 Å².